The van der Waals surface area contributed by atoms with Gasteiger partial charge in [0, 0.05) is 56.4 Å². The fraction of sp³-hybridized carbons (Fsp3) is 0.500. The molecule has 0 radical (unpaired) electrons. The number of nitrogens with zero attached hydrogens (tertiary/aromatic N) is 4. The molecule has 0 amide bonds. The number of aromatic nitrogens is 4. The molecule has 6 nitrogen and oxygen atoms in total. The average molecular weight is 387 g/mol. The molecule has 0 saturated heterocycles. The molecule has 0 fully saturated rings. The van der Waals surface area contributed by atoms with Gasteiger partial charge in [-0.1, -0.05) is 19.6 Å². The molecule has 3 rings (SSSR count). The molecule has 0 aliphatic carbocycles. The van der Waals surface area contributed by atoms with Crippen LogP contribution in [0, 0.1) is 0 Å². The Bertz CT molecular complexity index is 882. The minimum Gasteiger partial charge on any atom is -0.361 e. The van der Waals surface area contributed by atoms with Gasteiger partial charge in [0.25, 0.3) is 0 Å². The number of rotatable bonds is 9. The number of ether oxygens (including phenoxy) is 2. The molecule has 3 heterocycles. The van der Waals surface area contributed by atoms with Gasteiger partial charge in [0.1, 0.15) is 18.6 Å². The maximum Gasteiger partial charge on any atom is 0.147 e. The Labute approximate surface area is 162 Å². The summed E-state index contributed by atoms with van der Waals surface area (Å²) in [5.74, 6) is 0. The molecule has 27 heavy (non-hydrogen) atoms. The summed E-state index contributed by atoms with van der Waals surface area (Å²) < 4.78 is 15.5. The monoisotopic (exact) mass is 386 g/mol. The fourth-order valence-electron chi connectivity index (χ4n) is 2.99. The lowest BCUT2D eigenvalue weighted by molar-refractivity contribution is 0.0160. The van der Waals surface area contributed by atoms with Gasteiger partial charge in [-0.2, -0.15) is 5.10 Å². The van der Waals surface area contributed by atoms with Crippen LogP contribution in [0.25, 0.3) is 22.2 Å². The van der Waals surface area contributed by atoms with E-state index in [1.807, 2.05) is 43.2 Å². The molecule has 0 aliphatic heterocycles. The molecule has 7 heteroatoms. The highest BCUT2D eigenvalue weighted by atomic mass is 28.3. The minimum absolute atomic E-state index is 0.0832. The van der Waals surface area contributed by atoms with E-state index in [0.29, 0.717) is 13.3 Å². The number of hydrogen-bond donors (Lipinski definition) is 0. The zero-order valence-corrected chi connectivity index (χ0v) is 18.0. The molecule has 3 aromatic rings. The third-order valence-electron chi connectivity index (χ3n) is 4.55. The summed E-state index contributed by atoms with van der Waals surface area (Å²) in [5, 5.41) is 5.57. The van der Waals surface area contributed by atoms with Crippen molar-refractivity contribution < 1.29 is 9.47 Å². The van der Waals surface area contributed by atoms with Crippen molar-refractivity contribution in [2.45, 2.75) is 52.5 Å². The van der Waals surface area contributed by atoms with Gasteiger partial charge in [0.2, 0.25) is 0 Å². The molecule has 3 aromatic heterocycles. The molecule has 0 N–H and O–H groups in total. The van der Waals surface area contributed by atoms with Crippen LogP contribution >= 0.6 is 0 Å². The first-order valence-electron chi connectivity index (χ1n) is 9.57. The van der Waals surface area contributed by atoms with Gasteiger partial charge in [0.15, 0.2) is 0 Å². The van der Waals surface area contributed by atoms with Crippen LogP contribution in [0.4, 0.5) is 0 Å². The van der Waals surface area contributed by atoms with Crippen molar-refractivity contribution in [2.24, 2.45) is 0 Å². The van der Waals surface area contributed by atoms with E-state index in [1.54, 1.807) is 0 Å². The predicted molar refractivity (Wildman–Crippen MR) is 111 cm³/mol. The lowest BCUT2D eigenvalue weighted by Gasteiger charge is -2.15. The normalized spacial score (nSPS) is 13.4. The second kappa shape index (κ2) is 8.37. The Balaban J connectivity index is 1.82. The van der Waals surface area contributed by atoms with Crippen LogP contribution in [-0.4, -0.2) is 40.6 Å². The van der Waals surface area contributed by atoms with E-state index in [2.05, 4.69) is 46.6 Å². The Kier molecular flexibility index (Phi) is 6.14. The lowest BCUT2D eigenvalue weighted by Crippen LogP contribution is -2.22. The van der Waals surface area contributed by atoms with Gasteiger partial charge >= 0.3 is 0 Å². The van der Waals surface area contributed by atoms with Gasteiger partial charge in [0.05, 0.1) is 6.20 Å². The predicted octanol–water partition coefficient (Wildman–Crippen LogP) is 4.77. The van der Waals surface area contributed by atoms with Crippen LogP contribution in [0.5, 0.6) is 0 Å². The van der Waals surface area contributed by atoms with Crippen LogP contribution < -0.4 is 0 Å². The standard InChI is InChI=1S/C20H30N4O2Si/c1-6-26-16(2)24-13-17(12-22-24)19-14-23(15-25-10-11-27(3,4)5)20-18(19)8-7-9-21-20/h7-9,12-14,16H,6,10-11,15H2,1-5H3. The molecule has 0 aliphatic rings. The molecule has 0 aromatic carbocycles. The van der Waals surface area contributed by atoms with E-state index in [9.17, 15) is 0 Å². The number of hydrogen-bond acceptors (Lipinski definition) is 4. The van der Waals surface area contributed by atoms with Crippen LogP contribution in [-0.2, 0) is 16.2 Å². The third kappa shape index (κ3) is 4.85. The summed E-state index contributed by atoms with van der Waals surface area (Å²) in [6.45, 7) is 13.0. The van der Waals surface area contributed by atoms with E-state index in [0.717, 1.165) is 34.8 Å². The van der Waals surface area contributed by atoms with Crippen LogP contribution in [0.15, 0.2) is 36.9 Å². The Morgan fingerprint density at radius 1 is 1.22 bits per heavy atom. The topological polar surface area (TPSA) is 54.1 Å². The molecule has 1 unspecified atom stereocenters. The first-order valence-corrected chi connectivity index (χ1v) is 13.3. The number of pyridine rings is 1. The van der Waals surface area contributed by atoms with Gasteiger partial charge < -0.3 is 14.0 Å². The van der Waals surface area contributed by atoms with Crippen molar-refractivity contribution in [1.82, 2.24) is 19.3 Å². The minimum atomic E-state index is -1.08. The molecular weight excluding hydrogens is 356 g/mol. The van der Waals surface area contributed by atoms with E-state index in [4.69, 9.17) is 9.47 Å². The fourth-order valence-corrected chi connectivity index (χ4v) is 3.74. The SMILES string of the molecule is CCOC(C)n1cc(-c2cn(COCC[Si](C)(C)C)c3ncccc23)cn1. The van der Waals surface area contributed by atoms with Crippen molar-refractivity contribution in [3.8, 4) is 11.1 Å². The summed E-state index contributed by atoms with van der Waals surface area (Å²) in [7, 11) is -1.08. The van der Waals surface area contributed by atoms with Crippen molar-refractivity contribution in [3.05, 3.63) is 36.9 Å². The highest BCUT2D eigenvalue weighted by molar-refractivity contribution is 6.76. The molecule has 1 atom stereocenters. The highest BCUT2D eigenvalue weighted by Crippen LogP contribution is 2.30. The molecule has 0 bridgehead atoms. The van der Waals surface area contributed by atoms with Gasteiger partial charge in [-0.15, -0.1) is 0 Å². The zero-order valence-electron chi connectivity index (χ0n) is 17.0. The second-order valence-electron chi connectivity index (χ2n) is 8.00. The van der Waals surface area contributed by atoms with Crippen molar-refractivity contribution >= 4 is 19.1 Å². The van der Waals surface area contributed by atoms with Crippen molar-refractivity contribution in [1.29, 1.82) is 0 Å². The molecule has 146 valence electrons. The van der Waals surface area contributed by atoms with Crippen molar-refractivity contribution in [3.63, 3.8) is 0 Å². The Hall–Kier alpha value is -1.96. The summed E-state index contributed by atoms with van der Waals surface area (Å²) in [4.78, 5) is 4.57. The first kappa shape index (κ1) is 19.8. The van der Waals surface area contributed by atoms with E-state index in [1.165, 1.54) is 0 Å². The van der Waals surface area contributed by atoms with Gasteiger partial charge in [-0.3, -0.25) is 0 Å². The van der Waals surface area contributed by atoms with Gasteiger partial charge in [-0.05, 0) is 32.0 Å². The van der Waals surface area contributed by atoms with Gasteiger partial charge in [-0.25, -0.2) is 9.67 Å². The van der Waals surface area contributed by atoms with Crippen molar-refractivity contribution in [2.75, 3.05) is 13.2 Å². The second-order valence-corrected chi connectivity index (χ2v) is 13.6. The zero-order chi connectivity index (χ0) is 19.4. The Morgan fingerprint density at radius 2 is 2.04 bits per heavy atom. The number of fused-ring (bicyclic) bond motifs is 1. The summed E-state index contributed by atoms with van der Waals surface area (Å²) in [6.07, 6.45) is 7.76. The summed E-state index contributed by atoms with van der Waals surface area (Å²) in [6, 6.07) is 5.23. The largest absolute Gasteiger partial charge is 0.361 e. The lowest BCUT2D eigenvalue weighted by atomic mass is 10.1. The molecule has 0 saturated carbocycles. The summed E-state index contributed by atoms with van der Waals surface area (Å²) >= 11 is 0. The van der Waals surface area contributed by atoms with Crippen LogP contribution in [0.2, 0.25) is 25.7 Å². The molecule has 0 spiro atoms. The maximum atomic E-state index is 5.95. The average Bonchev–Trinajstić information content (AvgIpc) is 3.23. The van der Waals surface area contributed by atoms with Crippen LogP contribution in [0.3, 0.4) is 0 Å². The Morgan fingerprint density at radius 3 is 2.78 bits per heavy atom. The van der Waals surface area contributed by atoms with E-state index in [-0.39, 0.29) is 6.23 Å². The highest BCUT2D eigenvalue weighted by Gasteiger charge is 2.15. The molecular formula is C20H30N4O2Si. The smallest absolute Gasteiger partial charge is 0.147 e. The van der Waals surface area contributed by atoms with E-state index < -0.39 is 8.07 Å². The van der Waals surface area contributed by atoms with Crippen LogP contribution in [0.1, 0.15) is 20.1 Å². The summed E-state index contributed by atoms with van der Waals surface area (Å²) in [5.41, 5.74) is 3.10. The quantitative estimate of drug-likeness (QED) is 0.393. The first-order chi connectivity index (χ1) is 12.9. The van der Waals surface area contributed by atoms with E-state index >= 15 is 0 Å². The maximum absolute atomic E-state index is 5.95. The third-order valence-corrected chi connectivity index (χ3v) is 6.26.